The number of hydrogen-bond acceptors (Lipinski definition) is 5. The lowest BCUT2D eigenvalue weighted by Crippen LogP contribution is -2.45. The van der Waals surface area contributed by atoms with E-state index in [0.717, 1.165) is 0 Å². The van der Waals surface area contributed by atoms with Crippen LogP contribution < -0.4 is 0 Å². The Morgan fingerprint density at radius 2 is 1.91 bits per heavy atom. The fourth-order valence-electron chi connectivity index (χ4n) is 2.87. The van der Waals surface area contributed by atoms with Gasteiger partial charge in [-0.1, -0.05) is 19.6 Å². The van der Waals surface area contributed by atoms with Crippen molar-refractivity contribution >= 4 is 17.7 Å². The molecule has 22 heavy (non-hydrogen) atoms. The van der Waals surface area contributed by atoms with Gasteiger partial charge in [-0.2, -0.15) is 0 Å². The van der Waals surface area contributed by atoms with Gasteiger partial charge in [0.2, 0.25) is 0 Å². The van der Waals surface area contributed by atoms with Crippen molar-refractivity contribution in [2.45, 2.75) is 40.5 Å². The summed E-state index contributed by atoms with van der Waals surface area (Å²) in [5.41, 5.74) is -0.458. The molecule has 1 aliphatic rings. The van der Waals surface area contributed by atoms with Gasteiger partial charge in [-0.05, 0) is 39.2 Å². The summed E-state index contributed by atoms with van der Waals surface area (Å²) in [5, 5.41) is 0. The highest BCUT2D eigenvalue weighted by atomic mass is 16.5. The molecule has 0 bridgehead atoms. The summed E-state index contributed by atoms with van der Waals surface area (Å²) in [4.78, 5) is 37.0. The molecule has 5 heteroatoms. The number of ketones is 1. The van der Waals surface area contributed by atoms with Crippen LogP contribution in [0.15, 0.2) is 23.8 Å². The third kappa shape index (κ3) is 3.46. The SMILES string of the molecule is C=C(C(=O)OCC)[C@@H](C(=O)OCC)[C@]1(C)CCC=C(C)C1=O. The Kier molecular flexibility index (Phi) is 6.09. The molecule has 0 radical (unpaired) electrons. The summed E-state index contributed by atoms with van der Waals surface area (Å²) in [6.07, 6.45) is 2.98. The lowest BCUT2D eigenvalue weighted by atomic mass is 9.64. The minimum Gasteiger partial charge on any atom is -0.465 e. The summed E-state index contributed by atoms with van der Waals surface area (Å²) in [6, 6.07) is 0. The van der Waals surface area contributed by atoms with Crippen LogP contribution in [0.4, 0.5) is 0 Å². The van der Waals surface area contributed by atoms with Crippen LogP contribution in [0.3, 0.4) is 0 Å². The van der Waals surface area contributed by atoms with Crippen molar-refractivity contribution in [3.05, 3.63) is 23.8 Å². The maximum atomic E-state index is 12.6. The van der Waals surface area contributed by atoms with Crippen molar-refractivity contribution in [2.75, 3.05) is 13.2 Å². The van der Waals surface area contributed by atoms with Crippen LogP contribution in [0.25, 0.3) is 0 Å². The molecule has 0 aromatic carbocycles. The van der Waals surface area contributed by atoms with Crippen molar-refractivity contribution in [3.8, 4) is 0 Å². The molecule has 0 spiro atoms. The fraction of sp³-hybridized carbons (Fsp3) is 0.588. The Balaban J connectivity index is 3.23. The molecule has 2 atom stereocenters. The van der Waals surface area contributed by atoms with Crippen LogP contribution in [0.5, 0.6) is 0 Å². The molecule has 0 unspecified atom stereocenters. The lowest BCUT2D eigenvalue weighted by molar-refractivity contribution is -0.157. The van der Waals surface area contributed by atoms with E-state index >= 15 is 0 Å². The summed E-state index contributed by atoms with van der Waals surface area (Å²) in [6.45, 7) is 10.8. The van der Waals surface area contributed by atoms with Gasteiger partial charge in [-0.25, -0.2) is 4.79 Å². The molecule has 0 N–H and O–H groups in total. The van der Waals surface area contributed by atoms with Gasteiger partial charge in [-0.3, -0.25) is 9.59 Å². The molecule has 122 valence electrons. The van der Waals surface area contributed by atoms with Crippen LogP contribution in [-0.2, 0) is 23.9 Å². The highest BCUT2D eigenvalue weighted by molar-refractivity contribution is 6.05. The number of esters is 2. The Bertz CT molecular complexity index is 517. The Morgan fingerprint density at radius 3 is 2.45 bits per heavy atom. The predicted molar refractivity (Wildman–Crippen MR) is 82.0 cm³/mol. The molecule has 0 heterocycles. The van der Waals surface area contributed by atoms with Crippen LogP contribution in [0.2, 0.25) is 0 Å². The van der Waals surface area contributed by atoms with Crippen LogP contribution in [0, 0.1) is 11.3 Å². The number of carbonyl (C=O) groups excluding carboxylic acids is 3. The maximum Gasteiger partial charge on any atom is 0.334 e. The third-order valence-electron chi connectivity index (χ3n) is 4.04. The summed E-state index contributed by atoms with van der Waals surface area (Å²) in [5.74, 6) is -2.45. The van der Waals surface area contributed by atoms with Gasteiger partial charge in [0.25, 0.3) is 0 Å². The smallest absolute Gasteiger partial charge is 0.334 e. The zero-order valence-corrected chi connectivity index (χ0v) is 13.7. The van der Waals surface area contributed by atoms with Gasteiger partial charge in [-0.15, -0.1) is 0 Å². The van der Waals surface area contributed by atoms with Gasteiger partial charge in [0.1, 0.15) is 5.92 Å². The van der Waals surface area contributed by atoms with E-state index in [1.165, 1.54) is 0 Å². The molecule has 0 saturated carbocycles. The molecule has 0 aromatic heterocycles. The number of carbonyl (C=O) groups is 3. The molecule has 1 aliphatic carbocycles. The van der Waals surface area contributed by atoms with E-state index in [0.29, 0.717) is 18.4 Å². The first-order chi connectivity index (χ1) is 10.3. The molecule has 0 saturated heterocycles. The number of ether oxygens (including phenoxy) is 2. The zero-order valence-electron chi connectivity index (χ0n) is 13.7. The Labute approximate surface area is 131 Å². The quantitative estimate of drug-likeness (QED) is 0.557. The second-order valence-corrected chi connectivity index (χ2v) is 5.60. The van der Waals surface area contributed by atoms with Crippen molar-refractivity contribution in [3.63, 3.8) is 0 Å². The van der Waals surface area contributed by atoms with Crippen molar-refractivity contribution in [2.24, 2.45) is 11.3 Å². The molecular weight excluding hydrogens is 284 g/mol. The van der Waals surface area contributed by atoms with Crippen molar-refractivity contribution in [1.29, 1.82) is 0 Å². The average molecular weight is 308 g/mol. The summed E-state index contributed by atoms with van der Waals surface area (Å²) >= 11 is 0. The molecular formula is C17H24O5. The monoisotopic (exact) mass is 308 g/mol. The predicted octanol–water partition coefficient (Wildman–Crippen LogP) is 2.60. The number of allylic oxidation sites excluding steroid dienone is 2. The molecule has 0 fully saturated rings. The van der Waals surface area contributed by atoms with E-state index < -0.39 is 23.3 Å². The standard InChI is InChI=1S/C17H24O5/c1-6-21-15(19)12(4)13(16(20)22-7-2)17(5)10-8-9-11(3)14(17)18/h9,13H,4,6-8,10H2,1-3,5H3/t13-,17-/m0/s1. The van der Waals surface area contributed by atoms with E-state index in [2.05, 4.69) is 6.58 Å². The van der Waals surface area contributed by atoms with Gasteiger partial charge < -0.3 is 9.47 Å². The number of rotatable bonds is 6. The second-order valence-electron chi connectivity index (χ2n) is 5.60. The molecule has 5 nitrogen and oxygen atoms in total. The normalized spacial score (nSPS) is 22.5. The van der Waals surface area contributed by atoms with Gasteiger partial charge in [0, 0.05) is 11.0 Å². The second kappa shape index (κ2) is 7.38. The molecule has 0 aliphatic heterocycles. The molecule has 0 amide bonds. The maximum absolute atomic E-state index is 12.6. The van der Waals surface area contributed by atoms with E-state index in [1.807, 2.05) is 6.08 Å². The number of hydrogen-bond donors (Lipinski definition) is 0. The van der Waals surface area contributed by atoms with Crippen molar-refractivity contribution in [1.82, 2.24) is 0 Å². The van der Waals surface area contributed by atoms with Gasteiger partial charge in [0.05, 0.1) is 13.2 Å². The van der Waals surface area contributed by atoms with E-state index in [4.69, 9.17) is 9.47 Å². The van der Waals surface area contributed by atoms with E-state index in [9.17, 15) is 14.4 Å². The minimum atomic E-state index is -1.03. The Morgan fingerprint density at radius 1 is 1.32 bits per heavy atom. The first kappa shape index (κ1) is 18.1. The Hall–Kier alpha value is -1.91. The van der Waals surface area contributed by atoms with Crippen molar-refractivity contribution < 1.29 is 23.9 Å². The van der Waals surface area contributed by atoms with Crippen LogP contribution in [-0.4, -0.2) is 30.9 Å². The highest BCUT2D eigenvalue weighted by Gasteiger charge is 2.50. The first-order valence-corrected chi connectivity index (χ1v) is 7.53. The highest BCUT2D eigenvalue weighted by Crippen LogP contribution is 2.43. The molecule has 1 rings (SSSR count). The molecule has 0 aromatic rings. The van der Waals surface area contributed by atoms with Crippen LogP contribution >= 0.6 is 0 Å². The largest absolute Gasteiger partial charge is 0.465 e. The third-order valence-corrected chi connectivity index (χ3v) is 4.04. The summed E-state index contributed by atoms with van der Waals surface area (Å²) < 4.78 is 10.0. The van der Waals surface area contributed by atoms with Crippen LogP contribution in [0.1, 0.15) is 40.5 Å². The van der Waals surface area contributed by atoms with E-state index in [1.54, 1.807) is 27.7 Å². The lowest BCUT2D eigenvalue weighted by Gasteiger charge is -2.37. The first-order valence-electron chi connectivity index (χ1n) is 7.53. The minimum absolute atomic E-state index is 0.0224. The summed E-state index contributed by atoms with van der Waals surface area (Å²) in [7, 11) is 0. The van der Waals surface area contributed by atoms with E-state index in [-0.39, 0.29) is 24.6 Å². The van der Waals surface area contributed by atoms with Gasteiger partial charge >= 0.3 is 11.9 Å². The fourth-order valence-corrected chi connectivity index (χ4v) is 2.87. The zero-order chi connectivity index (χ0) is 16.9. The average Bonchev–Trinajstić information content (AvgIpc) is 2.45. The topological polar surface area (TPSA) is 69.7 Å². The van der Waals surface area contributed by atoms with Gasteiger partial charge in [0.15, 0.2) is 5.78 Å². The number of Topliss-reactive ketones (excluding diaryl/α,β-unsaturated/α-hetero) is 1.